The minimum absolute atomic E-state index is 0.105. The maximum Gasteiger partial charge on any atom is 0.292 e. The minimum atomic E-state index is -0.527. The molecule has 0 saturated heterocycles. The topological polar surface area (TPSA) is 99.9 Å². The third kappa shape index (κ3) is 1.62. The van der Waals surface area contributed by atoms with Crippen LogP contribution in [-0.4, -0.2) is 19.7 Å². The molecule has 0 aliphatic rings. The van der Waals surface area contributed by atoms with Gasteiger partial charge in [-0.25, -0.2) is 9.67 Å². The van der Waals surface area contributed by atoms with Gasteiger partial charge in [0, 0.05) is 6.07 Å². The maximum absolute atomic E-state index is 10.5. The van der Waals surface area contributed by atoms with Gasteiger partial charge in [0.25, 0.3) is 5.69 Å². The molecule has 1 aromatic heterocycles. The molecule has 1 aromatic carbocycles. The number of rotatable bonds is 2. The van der Waals surface area contributed by atoms with E-state index in [0.29, 0.717) is 5.69 Å². The van der Waals surface area contributed by atoms with Crippen LogP contribution in [0.15, 0.2) is 30.9 Å². The van der Waals surface area contributed by atoms with Crippen LogP contribution in [0.4, 0.5) is 11.4 Å². The summed E-state index contributed by atoms with van der Waals surface area (Å²) in [7, 11) is 0. The molecule has 0 unspecified atom stereocenters. The number of hydrogen-bond acceptors (Lipinski definition) is 5. The van der Waals surface area contributed by atoms with Gasteiger partial charge in [0.2, 0.25) is 0 Å². The van der Waals surface area contributed by atoms with Crippen molar-refractivity contribution in [1.29, 1.82) is 0 Å². The van der Waals surface area contributed by atoms with Crippen LogP contribution in [0.3, 0.4) is 0 Å². The minimum Gasteiger partial charge on any atom is -0.393 e. The summed E-state index contributed by atoms with van der Waals surface area (Å²) in [6, 6.07) is 4.38. The molecular formula is C8H7N5O2. The second-order valence-corrected chi connectivity index (χ2v) is 2.84. The van der Waals surface area contributed by atoms with E-state index in [1.807, 2.05) is 0 Å². The molecule has 15 heavy (non-hydrogen) atoms. The lowest BCUT2D eigenvalue weighted by molar-refractivity contribution is -0.383. The Kier molecular flexibility index (Phi) is 2.05. The van der Waals surface area contributed by atoms with E-state index in [2.05, 4.69) is 10.1 Å². The van der Waals surface area contributed by atoms with Crippen molar-refractivity contribution in [1.82, 2.24) is 14.8 Å². The lowest BCUT2D eigenvalue weighted by Gasteiger charge is -2.01. The molecule has 0 spiro atoms. The van der Waals surface area contributed by atoms with Crippen LogP contribution in [-0.2, 0) is 0 Å². The van der Waals surface area contributed by atoms with Crippen LogP contribution >= 0.6 is 0 Å². The molecule has 2 aromatic rings. The molecule has 0 amide bonds. The average molecular weight is 205 g/mol. The van der Waals surface area contributed by atoms with E-state index in [1.165, 1.54) is 29.5 Å². The van der Waals surface area contributed by atoms with E-state index in [0.717, 1.165) is 0 Å². The van der Waals surface area contributed by atoms with Crippen molar-refractivity contribution in [2.24, 2.45) is 0 Å². The number of nitrogen functional groups attached to an aromatic ring is 1. The van der Waals surface area contributed by atoms with E-state index >= 15 is 0 Å². The molecule has 0 saturated carbocycles. The first kappa shape index (κ1) is 9.13. The summed E-state index contributed by atoms with van der Waals surface area (Å²) in [5, 5.41) is 14.4. The zero-order valence-electron chi connectivity index (χ0n) is 7.57. The molecule has 1 heterocycles. The van der Waals surface area contributed by atoms with E-state index in [-0.39, 0.29) is 11.4 Å². The lowest BCUT2D eigenvalue weighted by Crippen LogP contribution is -1.99. The van der Waals surface area contributed by atoms with Crippen molar-refractivity contribution < 1.29 is 4.92 Å². The van der Waals surface area contributed by atoms with Gasteiger partial charge in [-0.1, -0.05) is 0 Å². The fourth-order valence-electron chi connectivity index (χ4n) is 1.19. The molecule has 7 nitrogen and oxygen atoms in total. The molecule has 0 aliphatic heterocycles. The molecule has 0 bridgehead atoms. The zero-order valence-corrected chi connectivity index (χ0v) is 7.57. The van der Waals surface area contributed by atoms with E-state index in [4.69, 9.17) is 5.73 Å². The molecule has 0 fully saturated rings. The first-order valence-corrected chi connectivity index (χ1v) is 4.07. The number of nitro benzene ring substituents is 1. The third-order valence-corrected chi connectivity index (χ3v) is 1.89. The number of hydrogen-bond donors (Lipinski definition) is 1. The first-order valence-electron chi connectivity index (χ1n) is 4.07. The highest BCUT2D eigenvalue weighted by atomic mass is 16.6. The molecular weight excluding hydrogens is 198 g/mol. The van der Waals surface area contributed by atoms with Gasteiger partial charge in [0.1, 0.15) is 18.3 Å². The fourth-order valence-corrected chi connectivity index (χ4v) is 1.19. The van der Waals surface area contributed by atoms with Gasteiger partial charge in [-0.2, -0.15) is 5.10 Å². The number of nitrogens with zero attached hydrogens (tertiary/aromatic N) is 4. The fraction of sp³-hybridized carbons (Fsp3) is 0. The van der Waals surface area contributed by atoms with Crippen molar-refractivity contribution in [3.05, 3.63) is 41.0 Å². The third-order valence-electron chi connectivity index (χ3n) is 1.89. The Labute approximate surface area is 84.3 Å². The van der Waals surface area contributed by atoms with Gasteiger partial charge >= 0.3 is 0 Å². The predicted octanol–water partition coefficient (Wildman–Crippen LogP) is 0.758. The van der Waals surface area contributed by atoms with Crippen molar-refractivity contribution in [2.75, 3.05) is 5.73 Å². The summed E-state index contributed by atoms with van der Waals surface area (Å²) < 4.78 is 1.47. The summed E-state index contributed by atoms with van der Waals surface area (Å²) in [5.74, 6) is 0. The van der Waals surface area contributed by atoms with Gasteiger partial charge in [0.05, 0.1) is 10.6 Å². The highest BCUT2D eigenvalue weighted by molar-refractivity contribution is 5.62. The van der Waals surface area contributed by atoms with Gasteiger partial charge in [-0.15, -0.1) is 0 Å². The summed E-state index contributed by atoms with van der Waals surface area (Å²) >= 11 is 0. The predicted molar refractivity (Wildman–Crippen MR) is 52.4 cm³/mol. The molecule has 0 aliphatic carbocycles. The average Bonchev–Trinajstić information content (AvgIpc) is 2.69. The summed E-state index contributed by atoms with van der Waals surface area (Å²) in [6.07, 6.45) is 2.86. The highest BCUT2D eigenvalue weighted by Gasteiger charge is 2.11. The molecule has 0 atom stereocenters. The SMILES string of the molecule is Nc1cc(-n2cncn2)ccc1[N+](=O)[O-]. The van der Waals surface area contributed by atoms with Crippen LogP contribution in [0, 0.1) is 10.1 Å². The summed E-state index contributed by atoms with van der Waals surface area (Å²) in [6.45, 7) is 0. The number of aromatic nitrogens is 3. The van der Waals surface area contributed by atoms with Crippen molar-refractivity contribution >= 4 is 11.4 Å². The van der Waals surface area contributed by atoms with Crippen LogP contribution in [0.5, 0.6) is 0 Å². The van der Waals surface area contributed by atoms with Crippen LogP contribution in [0.1, 0.15) is 0 Å². The molecule has 7 heteroatoms. The Morgan fingerprint density at radius 3 is 2.80 bits per heavy atom. The quantitative estimate of drug-likeness (QED) is 0.443. The van der Waals surface area contributed by atoms with E-state index in [9.17, 15) is 10.1 Å². The van der Waals surface area contributed by atoms with E-state index < -0.39 is 4.92 Å². The normalized spacial score (nSPS) is 10.1. The second-order valence-electron chi connectivity index (χ2n) is 2.84. The number of nitrogens with two attached hydrogens (primary N) is 1. The Bertz CT molecular complexity index is 494. The highest BCUT2D eigenvalue weighted by Crippen LogP contribution is 2.23. The smallest absolute Gasteiger partial charge is 0.292 e. The first-order chi connectivity index (χ1) is 7.18. The molecule has 76 valence electrons. The summed E-state index contributed by atoms with van der Waals surface area (Å²) in [5.41, 5.74) is 6.15. The maximum atomic E-state index is 10.5. The zero-order chi connectivity index (χ0) is 10.8. The number of benzene rings is 1. The Morgan fingerprint density at radius 1 is 1.47 bits per heavy atom. The van der Waals surface area contributed by atoms with Crippen LogP contribution in [0.25, 0.3) is 5.69 Å². The summed E-state index contributed by atoms with van der Waals surface area (Å²) in [4.78, 5) is 13.7. The second kappa shape index (κ2) is 3.37. The van der Waals surface area contributed by atoms with Crippen LogP contribution < -0.4 is 5.73 Å². The van der Waals surface area contributed by atoms with Gasteiger partial charge in [0.15, 0.2) is 0 Å². The lowest BCUT2D eigenvalue weighted by atomic mass is 10.2. The van der Waals surface area contributed by atoms with Gasteiger partial charge in [-0.05, 0) is 12.1 Å². The van der Waals surface area contributed by atoms with Crippen molar-refractivity contribution in [3.63, 3.8) is 0 Å². The van der Waals surface area contributed by atoms with Gasteiger partial charge < -0.3 is 5.73 Å². The number of anilines is 1. The largest absolute Gasteiger partial charge is 0.393 e. The Morgan fingerprint density at radius 2 is 2.27 bits per heavy atom. The number of nitro groups is 1. The van der Waals surface area contributed by atoms with Crippen molar-refractivity contribution in [2.45, 2.75) is 0 Å². The Balaban J connectivity index is 2.47. The standard InChI is InChI=1S/C8H7N5O2/c9-7-3-6(12-5-10-4-11-12)1-2-8(7)13(14)15/h1-5H,9H2. The molecule has 0 radical (unpaired) electrons. The van der Waals surface area contributed by atoms with E-state index in [1.54, 1.807) is 6.07 Å². The monoisotopic (exact) mass is 205 g/mol. The van der Waals surface area contributed by atoms with Crippen LogP contribution in [0.2, 0.25) is 0 Å². The van der Waals surface area contributed by atoms with Crippen molar-refractivity contribution in [3.8, 4) is 5.69 Å². The molecule has 2 rings (SSSR count). The Hall–Kier alpha value is -2.44. The molecule has 2 N–H and O–H groups in total. The van der Waals surface area contributed by atoms with Gasteiger partial charge in [-0.3, -0.25) is 10.1 Å².